The molecule has 0 radical (unpaired) electrons. The fourth-order valence-corrected chi connectivity index (χ4v) is 3.67. The van der Waals surface area contributed by atoms with Gasteiger partial charge in [0.2, 0.25) is 5.95 Å². The molecule has 1 saturated heterocycles. The highest BCUT2D eigenvalue weighted by Crippen LogP contribution is 2.45. The molecule has 2 saturated carbocycles. The second kappa shape index (κ2) is 4.92. The molecule has 2 aromatic rings. The Balaban J connectivity index is 1.22. The zero-order valence-electron chi connectivity index (χ0n) is 13.0. The maximum absolute atomic E-state index is 4.55. The number of H-pyrrole nitrogens is 1. The van der Waals surface area contributed by atoms with Crippen molar-refractivity contribution < 1.29 is 0 Å². The van der Waals surface area contributed by atoms with E-state index in [-0.39, 0.29) is 0 Å². The summed E-state index contributed by atoms with van der Waals surface area (Å²) in [5.41, 5.74) is 1.77. The third kappa shape index (κ3) is 2.55. The lowest BCUT2D eigenvalue weighted by atomic mass is 9.62. The largest absolute Gasteiger partial charge is 0.351 e. The number of aromatic nitrogens is 4. The molecule has 1 spiro atoms. The monoisotopic (exact) mass is 311 g/mol. The van der Waals surface area contributed by atoms with Crippen molar-refractivity contribution in [2.75, 3.05) is 23.7 Å². The van der Waals surface area contributed by atoms with E-state index in [1.54, 1.807) is 6.20 Å². The number of rotatable bonds is 5. The Morgan fingerprint density at radius 1 is 1.17 bits per heavy atom. The molecule has 4 N–H and O–H groups in total. The third-order valence-corrected chi connectivity index (χ3v) is 5.22. The van der Waals surface area contributed by atoms with Gasteiger partial charge in [0.25, 0.3) is 0 Å². The van der Waals surface area contributed by atoms with E-state index in [0.717, 1.165) is 24.7 Å². The second-order valence-corrected chi connectivity index (χ2v) is 7.23. The Bertz CT molecular complexity index is 709. The number of anilines is 3. The molecule has 3 heterocycles. The van der Waals surface area contributed by atoms with Crippen LogP contribution in [0.4, 0.5) is 17.6 Å². The summed E-state index contributed by atoms with van der Waals surface area (Å²) in [6.45, 7) is 2.33. The van der Waals surface area contributed by atoms with E-state index >= 15 is 0 Å². The van der Waals surface area contributed by atoms with E-state index in [2.05, 4.69) is 42.2 Å². The first-order chi connectivity index (χ1) is 11.3. The van der Waals surface area contributed by atoms with E-state index in [1.165, 1.54) is 31.4 Å². The number of hydrogen-bond donors (Lipinski definition) is 4. The minimum Gasteiger partial charge on any atom is -0.351 e. The van der Waals surface area contributed by atoms with Crippen LogP contribution in [-0.2, 0) is 0 Å². The molecule has 2 aromatic heterocycles. The topological polar surface area (TPSA) is 90.5 Å². The molecule has 0 amide bonds. The van der Waals surface area contributed by atoms with E-state index < -0.39 is 0 Å². The van der Waals surface area contributed by atoms with Gasteiger partial charge in [-0.05, 0) is 37.2 Å². The van der Waals surface area contributed by atoms with Crippen LogP contribution < -0.4 is 16.0 Å². The van der Waals surface area contributed by atoms with Gasteiger partial charge < -0.3 is 16.0 Å². The van der Waals surface area contributed by atoms with Crippen LogP contribution in [0.5, 0.6) is 0 Å². The zero-order valence-corrected chi connectivity index (χ0v) is 13.0. The highest BCUT2D eigenvalue weighted by molar-refractivity contribution is 5.53. The lowest BCUT2D eigenvalue weighted by Gasteiger charge is -2.54. The Kier molecular flexibility index (Phi) is 2.85. The maximum atomic E-state index is 4.55. The Morgan fingerprint density at radius 2 is 2.04 bits per heavy atom. The van der Waals surface area contributed by atoms with Gasteiger partial charge in [0.15, 0.2) is 5.82 Å². The summed E-state index contributed by atoms with van der Waals surface area (Å²) < 4.78 is 0. The molecule has 3 aliphatic rings. The van der Waals surface area contributed by atoms with Crippen LogP contribution in [0.3, 0.4) is 0 Å². The van der Waals surface area contributed by atoms with Crippen molar-refractivity contribution in [2.24, 2.45) is 5.41 Å². The minimum absolute atomic E-state index is 0.499. The van der Waals surface area contributed by atoms with Crippen LogP contribution in [-0.4, -0.2) is 39.3 Å². The lowest BCUT2D eigenvalue weighted by Crippen LogP contribution is -2.63. The highest BCUT2D eigenvalue weighted by atomic mass is 15.2. The molecular weight excluding hydrogens is 290 g/mol. The van der Waals surface area contributed by atoms with E-state index in [0.29, 0.717) is 23.3 Å². The van der Waals surface area contributed by atoms with Gasteiger partial charge in [-0.25, -0.2) is 4.98 Å². The van der Waals surface area contributed by atoms with Crippen molar-refractivity contribution in [1.82, 2.24) is 25.5 Å². The number of nitrogens with one attached hydrogen (secondary N) is 4. The normalized spacial score (nSPS) is 22.4. The number of nitrogens with zero attached hydrogens (tertiary/aromatic N) is 3. The fourth-order valence-electron chi connectivity index (χ4n) is 3.67. The smallest absolute Gasteiger partial charge is 0.224 e. The van der Waals surface area contributed by atoms with Crippen LogP contribution in [0.2, 0.25) is 0 Å². The number of hydrogen-bond acceptors (Lipinski definition) is 6. The lowest BCUT2D eigenvalue weighted by molar-refractivity contribution is 0.0468. The average Bonchev–Trinajstić information content (AvgIpc) is 3.22. The SMILES string of the molecule is c1cc(Nc2cc(C3CC3)[nH]n2)nc(NC2CC3(CNC3)C2)n1. The molecular formula is C16H21N7. The molecule has 0 bridgehead atoms. The van der Waals surface area contributed by atoms with Gasteiger partial charge in [-0.2, -0.15) is 10.1 Å². The van der Waals surface area contributed by atoms with E-state index in [9.17, 15) is 0 Å². The fraction of sp³-hybridized carbons (Fsp3) is 0.562. The Labute approximate surface area is 134 Å². The van der Waals surface area contributed by atoms with Gasteiger partial charge in [0.1, 0.15) is 5.82 Å². The highest BCUT2D eigenvalue weighted by Gasteiger charge is 2.48. The predicted octanol–water partition coefficient (Wildman–Crippen LogP) is 1.98. The van der Waals surface area contributed by atoms with Crippen molar-refractivity contribution in [3.8, 4) is 0 Å². The summed E-state index contributed by atoms with van der Waals surface area (Å²) in [5.74, 6) is 2.96. The first kappa shape index (κ1) is 13.3. The zero-order chi connectivity index (χ0) is 15.3. The summed E-state index contributed by atoms with van der Waals surface area (Å²) in [6.07, 6.45) is 6.74. The molecule has 1 aliphatic heterocycles. The molecule has 7 heteroatoms. The van der Waals surface area contributed by atoms with Crippen LogP contribution >= 0.6 is 0 Å². The summed E-state index contributed by atoms with van der Waals surface area (Å²) in [6, 6.07) is 4.44. The molecule has 120 valence electrons. The van der Waals surface area contributed by atoms with Crippen molar-refractivity contribution in [3.05, 3.63) is 24.0 Å². The molecule has 23 heavy (non-hydrogen) atoms. The predicted molar refractivity (Wildman–Crippen MR) is 87.8 cm³/mol. The summed E-state index contributed by atoms with van der Waals surface area (Å²) >= 11 is 0. The van der Waals surface area contributed by atoms with Gasteiger partial charge in [-0.1, -0.05) is 0 Å². The van der Waals surface area contributed by atoms with Crippen LogP contribution in [0.15, 0.2) is 18.3 Å². The molecule has 2 aliphatic carbocycles. The summed E-state index contributed by atoms with van der Waals surface area (Å²) in [4.78, 5) is 8.88. The molecule has 5 rings (SSSR count). The summed E-state index contributed by atoms with van der Waals surface area (Å²) in [5, 5.41) is 17.5. The van der Waals surface area contributed by atoms with Crippen LogP contribution in [0.25, 0.3) is 0 Å². The quantitative estimate of drug-likeness (QED) is 0.675. The van der Waals surface area contributed by atoms with Crippen molar-refractivity contribution in [2.45, 2.75) is 37.6 Å². The Morgan fingerprint density at radius 3 is 2.78 bits per heavy atom. The van der Waals surface area contributed by atoms with Gasteiger partial charge in [0.05, 0.1) is 0 Å². The minimum atomic E-state index is 0.499. The molecule has 7 nitrogen and oxygen atoms in total. The second-order valence-electron chi connectivity index (χ2n) is 7.23. The molecule has 0 atom stereocenters. The van der Waals surface area contributed by atoms with Crippen molar-refractivity contribution >= 4 is 17.6 Å². The number of aromatic amines is 1. The van der Waals surface area contributed by atoms with Crippen molar-refractivity contribution in [1.29, 1.82) is 0 Å². The van der Waals surface area contributed by atoms with E-state index in [1.807, 2.05) is 6.07 Å². The van der Waals surface area contributed by atoms with E-state index in [4.69, 9.17) is 0 Å². The first-order valence-electron chi connectivity index (χ1n) is 8.41. The Hall–Kier alpha value is -2.15. The van der Waals surface area contributed by atoms with Crippen molar-refractivity contribution in [3.63, 3.8) is 0 Å². The van der Waals surface area contributed by atoms with Crippen LogP contribution in [0.1, 0.15) is 37.3 Å². The van der Waals surface area contributed by atoms with Gasteiger partial charge in [0, 0.05) is 43.0 Å². The molecule has 3 fully saturated rings. The summed E-state index contributed by atoms with van der Waals surface area (Å²) in [7, 11) is 0. The van der Waals surface area contributed by atoms with Gasteiger partial charge in [-0.15, -0.1) is 0 Å². The van der Waals surface area contributed by atoms with Gasteiger partial charge >= 0.3 is 0 Å². The average molecular weight is 311 g/mol. The molecule has 0 unspecified atom stereocenters. The first-order valence-corrected chi connectivity index (χ1v) is 8.41. The maximum Gasteiger partial charge on any atom is 0.224 e. The van der Waals surface area contributed by atoms with Gasteiger partial charge in [-0.3, -0.25) is 5.10 Å². The van der Waals surface area contributed by atoms with Crippen LogP contribution in [0, 0.1) is 5.41 Å². The molecule has 0 aromatic carbocycles. The third-order valence-electron chi connectivity index (χ3n) is 5.22. The standard InChI is InChI=1S/C16H21N7/c1-2-10(1)12-5-14(23-22-12)20-13-3-4-18-15(21-13)19-11-6-16(7-11)8-17-9-16/h3-5,10-11,17H,1-2,6-9H2,(H3,18,19,20,21,22,23).